The largest absolute Gasteiger partial charge is 0.479 e. The van der Waals surface area contributed by atoms with E-state index in [-0.39, 0.29) is 12.0 Å². The minimum atomic E-state index is -0.140. The SMILES string of the molecule is Cc1ccc(-c2cc(=O)c3cc(OCC#N)ccc3o2)cc1. The van der Waals surface area contributed by atoms with E-state index in [4.69, 9.17) is 14.4 Å². The average molecular weight is 291 g/mol. The quantitative estimate of drug-likeness (QED) is 0.738. The highest BCUT2D eigenvalue weighted by molar-refractivity contribution is 5.80. The number of aryl methyl sites for hydroxylation is 1. The number of nitriles is 1. The van der Waals surface area contributed by atoms with Crippen LogP contribution in [0.15, 0.2) is 57.7 Å². The number of hydrogen-bond acceptors (Lipinski definition) is 4. The Morgan fingerprint density at radius 2 is 1.91 bits per heavy atom. The van der Waals surface area contributed by atoms with E-state index in [1.807, 2.05) is 37.3 Å². The van der Waals surface area contributed by atoms with Crippen molar-refractivity contribution in [2.24, 2.45) is 0 Å². The van der Waals surface area contributed by atoms with Crippen molar-refractivity contribution in [2.45, 2.75) is 6.92 Å². The summed E-state index contributed by atoms with van der Waals surface area (Å²) < 4.78 is 11.0. The van der Waals surface area contributed by atoms with Gasteiger partial charge in [0.05, 0.1) is 5.39 Å². The van der Waals surface area contributed by atoms with Gasteiger partial charge in [-0.3, -0.25) is 4.79 Å². The number of rotatable bonds is 3. The predicted octanol–water partition coefficient (Wildman–Crippen LogP) is 3.67. The maximum absolute atomic E-state index is 12.3. The third-order valence-electron chi connectivity index (χ3n) is 3.34. The lowest BCUT2D eigenvalue weighted by Crippen LogP contribution is -2.01. The summed E-state index contributed by atoms with van der Waals surface area (Å²) in [7, 11) is 0. The van der Waals surface area contributed by atoms with Gasteiger partial charge in [0.1, 0.15) is 23.2 Å². The van der Waals surface area contributed by atoms with Crippen LogP contribution in [-0.2, 0) is 0 Å². The van der Waals surface area contributed by atoms with Crippen LogP contribution >= 0.6 is 0 Å². The van der Waals surface area contributed by atoms with Gasteiger partial charge >= 0.3 is 0 Å². The maximum Gasteiger partial charge on any atom is 0.193 e. The molecule has 0 atom stereocenters. The van der Waals surface area contributed by atoms with Crippen LogP contribution in [0.4, 0.5) is 0 Å². The summed E-state index contributed by atoms with van der Waals surface area (Å²) in [5.41, 5.74) is 2.35. The van der Waals surface area contributed by atoms with Gasteiger partial charge in [-0.15, -0.1) is 0 Å². The molecule has 0 saturated heterocycles. The second-order valence-electron chi connectivity index (χ2n) is 4.95. The Balaban J connectivity index is 2.08. The van der Waals surface area contributed by atoms with E-state index in [9.17, 15) is 4.79 Å². The molecule has 22 heavy (non-hydrogen) atoms. The summed E-state index contributed by atoms with van der Waals surface area (Å²) in [6, 6.07) is 16.1. The highest BCUT2D eigenvalue weighted by Crippen LogP contribution is 2.24. The van der Waals surface area contributed by atoms with Gasteiger partial charge in [-0.2, -0.15) is 5.26 Å². The third-order valence-corrected chi connectivity index (χ3v) is 3.34. The first-order valence-corrected chi connectivity index (χ1v) is 6.82. The van der Waals surface area contributed by atoms with Crippen LogP contribution in [0.5, 0.6) is 5.75 Å². The van der Waals surface area contributed by atoms with Crippen molar-refractivity contribution in [2.75, 3.05) is 6.61 Å². The molecule has 0 fully saturated rings. The van der Waals surface area contributed by atoms with Crippen LogP contribution in [0.1, 0.15) is 5.56 Å². The first-order valence-electron chi connectivity index (χ1n) is 6.82. The molecule has 0 aliphatic rings. The number of ether oxygens (including phenoxy) is 1. The fraction of sp³-hybridized carbons (Fsp3) is 0.111. The van der Waals surface area contributed by atoms with Crippen LogP contribution in [0.3, 0.4) is 0 Å². The molecule has 3 rings (SSSR count). The molecule has 1 heterocycles. The molecule has 0 unspecified atom stereocenters. The number of fused-ring (bicyclic) bond motifs is 1. The summed E-state index contributed by atoms with van der Waals surface area (Å²) in [5, 5.41) is 8.96. The molecule has 0 bridgehead atoms. The van der Waals surface area contributed by atoms with Crippen molar-refractivity contribution < 1.29 is 9.15 Å². The smallest absolute Gasteiger partial charge is 0.193 e. The lowest BCUT2D eigenvalue weighted by Gasteiger charge is -2.06. The highest BCUT2D eigenvalue weighted by Gasteiger charge is 2.08. The van der Waals surface area contributed by atoms with Gasteiger partial charge in [0.2, 0.25) is 0 Å². The second kappa shape index (κ2) is 5.74. The summed E-state index contributed by atoms with van der Waals surface area (Å²) in [6.45, 7) is 1.95. The molecule has 4 nitrogen and oxygen atoms in total. The number of benzene rings is 2. The van der Waals surface area contributed by atoms with Crippen molar-refractivity contribution in [3.63, 3.8) is 0 Å². The van der Waals surface area contributed by atoms with E-state index in [1.165, 1.54) is 6.07 Å². The zero-order chi connectivity index (χ0) is 15.5. The number of nitrogens with zero attached hydrogens (tertiary/aromatic N) is 1. The Hall–Kier alpha value is -3.06. The summed E-state index contributed by atoms with van der Waals surface area (Å²) in [4.78, 5) is 12.3. The fourth-order valence-electron chi connectivity index (χ4n) is 2.20. The Bertz CT molecular complexity index is 918. The Kier molecular flexibility index (Phi) is 3.63. The zero-order valence-corrected chi connectivity index (χ0v) is 12.0. The Labute approximate surface area is 127 Å². The first-order chi connectivity index (χ1) is 10.7. The van der Waals surface area contributed by atoms with E-state index in [0.717, 1.165) is 11.1 Å². The van der Waals surface area contributed by atoms with E-state index in [2.05, 4.69) is 0 Å². The molecule has 0 aliphatic heterocycles. The number of hydrogen-bond donors (Lipinski definition) is 0. The molecule has 0 aliphatic carbocycles. The van der Waals surface area contributed by atoms with Gasteiger partial charge in [-0.1, -0.05) is 29.8 Å². The third kappa shape index (κ3) is 2.70. The van der Waals surface area contributed by atoms with Crippen LogP contribution < -0.4 is 10.2 Å². The lowest BCUT2D eigenvalue weighted by atomic mass is 10.1. The molecular formula is C18H13NO3. The molecular weight excluding hydrogens is 278 g/mol. The lowest BCUT2D eigenvalue weighted by molar-refractivity contribution is 0.368. The van der Waals surface area contributed by atoms with Crippen molar-refractivity contribution >= 4 is 11.0 Å². The van der Waals surface area contributed by atoms with Gasteiger partial charge in [0, 0.05) is 11.6 Å². The van der Waals surface area contributed by atoms with Gasteiger partial charge in [-0.05, 0) is 25.1 Å². The minimum absolute atomic E-state index is 0.0573. The molecule has 108 valence electrons. The standard InChI is InChI=1S/C18H13NO3/c1-12-2-4-13(5-3-12)18-11-16(20)15-10-14(21-9-8-19)6-7-17(15)22-18/h2-7,10-11H,9H2,1H3. The first kappa shape index (κ1) is 13.9. The van der Waals surface area contributed by atoms with E-state index in [1.54, 1.807) is 18.2 Å². The average Bonchev–Trinajstić information content (AvgIpc) is 2.53. The molecule has 0 N–H and O–H groups in total. The summed E-state index contributed by atoms with van der Waals surface area (Å²) >= 11 is 0. The molecule has 4 heteroatoms. The maximum atomic E-state index is 12.3. The van der Waals surface area contributed by atoms with Crippen LogP contribution in [0.25, 0.3) is 22.3 Å². The van der Waals surface area contributed by atoms with Crippen LogP contribution in [0, 0.1) is 18.3 Å². The molecule has 0 saturated carbocycles. The van der Waals surface area contributed by atoms with Gasteiger partial charge in [0.25, 0.3) is 0 Å². The van der Waals surface area contributed by atoms with E-state index >= 15 is 0 Å². The van der Waals surface area contributed by atoms with Crippen LogP contribution in [-0.4, -0.2) is 6.61 Å². The van der Waals surface area contributed by atoms with E-state index in [0.29, 0.717) is 22.5 Å². The van der Waals surface area contributed by atoms with Gasteiger partial charge < -0.3 is 9.15 Å². The van der Waals surface area contributed by atoms with Gasteiger partial charge in [0.15, 0.2) is 12.0 Å². The fourth-order valence-corrected chi connectivity index (χ4v) is 2.20. The Morgan fingerprint density at radius 3 is 2.64 bits per heavy atom. The van der Waals surface area contributed by atoms with Gasteiger partial charge in [-0.25, -0.2) is 0 Å². The molecule has 0 amide bonds. The molecule has 0 radical (unpaired) electrons. The normalized spacial score (nSPS) is 10.4. The van der Waals surface area contributed by atoms with Crippen molar-refractivity contribution in [3.8, 4) is 23.1 Å². The van der Waals surface area contributed by atoms with Crippen molar-refractivity contribution in [1.82, 2.24) is 0 Å². The highest BCUT2D eigenvalue weighted by atomic mass is 16.5. The molecule has 1 aromatic heterocycles. The van der Waals surface area contributed by atoms with Crippen molar-refractivity contribution in [3.05, 3.63) is 64.3 Å². The Morgan fingerprint density at radius 1 is 1.14 bits per heavy atom. The molecule has 2 aromatic carbocycles. The summed E-state index contributed by atoms with van der Waals surface area (Å²) in [5.74, 6) is 1.01. The van der Waals surface area contributed by atoms with E-state index < -0.39 is 0 Å². The summed E-state index contributed by atoms with van der Waals surface area (Å²) in [6.07, 6.45) is 0. The topological polar surface area (TPSA) is 63.2 Å². The molecule has 0 spiro atoms. The molecule has 3 aromatic rings. The van der Waals surface area contributed by atoms with Crippen molar-refractivity contribution in [1.29, 1.82) is 5.26 Å². The monoisotopic (exact) mass is 291 g/mol. The second-order valence-corrected chi connectivity index (χ2v) is 4.95. The van der Waals surface area contributed by atoms with Crippen LogP contribution in [0.2, 0.25) is 0 Å². The minimum Gasteiger partial charge on any atom is -0.479 e. The zero-order valence-electron chi connectivity index (χ0n) is 12.0. The predicted molar refractivity (Wildman–Crippen MR) is 83.8 cm³/mol.